The lowest BCUT2D eigenvalue weighted by Crippen LogP contribution is -1.93. The average Bonchev–Trinajstić information content (AvgIpc) is 2.60. The van der Waals surface area contributed by atoms with E-state index in [-0.39, 0.29) is 0 Å². The van der Waals surface area contributed by atoms with Crippen LogP contribution in [-0.2, 0) is 12.8 Å². The highest BCUT2D eigenvalue weighted by Crippen LogP contribution is 2.22. The molecule has 0 N–H and O–H groups in total. The van der Waals surface area contributed by atoms with Gasteiger partial charge in [0, 0.05) is 0 Å². The maximum absolute atomic E-state index is 2.30. The maximum Gasteiger partial charge on any atom is -0.0274 e. The van der Waals surface area contributed by atoms with Crippen LogP contribution in [0.15, 0.2) is 18.2 Å². The normalized spacial score (nSPS) is 13.3. The fourth-order valence-corrected chi connectivity index (χ4v) is 2.15. The van der Waals surface area contributed by atoms with Gasteiger partial charge in [-0.15, -0.1) is 0 Å². The number of aryl methyl sites for hydroxylation is 2. The summed E-state index contributed by atoms with van der Waals surface area (Å²) in [6.45, 7) is 10.2. The van der Waals surface area contributed by atoms with E-state index in [0.717, 1.165) is 0 Å². The Morgan fingerprint density at radius 1 is 0.812 bits per heavy atom. The third-order valence-electron chi connectivity index (χ3n) is 2.88. The first-order chi connectivity index (χ1) is 7.88. The van der Waals surface area contributed by atoms with Crippen molar-refractivity contribution in [1.29, 1.82) is 0 Å². The Labute approximate surface area is 102 Å². The summed E-state index contributed by atoms with van der Waals surface area (Å²) in [6.07, 6.45) is 6.79. The van der Waals surface area contributed by atoms with Gasteiger partial charge in [-0.1, -0.05) is 52.3 Å². The van der Waals surface area contributed by atoms with Gasteiger partial charge in [-0.2, -0.15) is 0 Å². The van der Waals surface area contributed by atoms with Crippen LogP contribution in [0.1, 0.15) is 63.6 Å². The molecule has 1 aliphatic rings. The Hall–Kier alpha value is -0.780. The summed E-state index contributed by atoms with van der Waals surface area (Å²) in [5, 5.41) is 0. The van der Waals surface area contributed by atoms with E-state index in [1.54, 1.807) is 11.1 Å². The molecule has 1 aromatic carbocycles. The second kappa shape index (κ2) is 9.45. The first kappa shape index (κ1) is 15.2. The summed E-state index contributed by atoms with van der Waals surface area (Å²) in [6, 6.07) is 6.73. The van der Waals surface area contributed by atoms with Crippen LogP contribution in [0.2, 0.25) is 0 Å². The van der Waals surface area contributed by atoms with E-state index in [1.165, 1.54) is 37.7 Å². The summed E-state index contributed by atoms with van der Waals surface area (Å²) < 4.78 is 0. The van der Waals surface area contributed by atoms with Gasteiger partial charge in [0.05, 0.1) is 0 Å². The fraction of sp³-hybridized carbons (Fsp3) is 0.625. The highest BCUT2D eigenvalue weighted by molar-refractivity contribution is 5.35. The zero-order chi connectivity index (χ0) is 12.4. The molecule has 2 rings (SSSR count). The molecule has 0 heterocycles. The molecule has 0 aromatic heterocycles. The summed E-state index contributed by atoms with van der Waals surface area (Å²) >= 11 is 0. The molecular weight excluding hydrogens is 192 g/mol. The molecule has 0 saturated heterocycles. The lowest BCUT2D eigenvalue weighted by Gasteiger charge is -2.07. The average molecular weight is 220 g/mol. The Bertz CT molecular complexity index is 273. The molecule has 92 valence electrons. The van der Waals surface area contributed by atoms with Gasteiger partial charge in [0.1, 0.15) is 0 Å². The zero-order valence-electron chi connectivity index (χ0n) is 11.8. The van der Waals surface area contributed by atoms with Gasteiger partial charge in [0.2, 0.25) is 0 Å². The largest absolute Gasteiger partial charge is 0.0683 e. The van der Waals surface area contributed by atoms with Crippen molar-refractivity contribution in [2.45, 2.75) is 66.7 Å². The minimum Gasteiger partial charge on any atom is -0.0683 e. The number of fused-ring (bicyclic) bond motifs is 1. The van der Waals surface area contributed by atoms with Crippen molar-refractivity contribution in [3.05, 3.63) is 34.9 Å². The van der Waals surface area contributed by atoms with Crippen LogP contribution in [0.5, 0.6) is 0 Å². The van der Waals surface area contributed by atoms with Gasteiger partial charge in [0.25, 0.3) is 0 Å². The van der Waals surface area contributed by atoms with Gasteiger partial charge < -0.3 is 0 Å². The van der Waals surface area contributed by atoms with Crippen LogP contribution < -0.4 is 0 Å². The molecule has 1 aromatic rings. The predicted octanol–water partition coefficient (Wildman–Crippen LogP) is 5.32. The lowest BCUT2D eigenvalue weighted by molar-refractivity contribution is 0.711. The van der Waals surface area contributed by atoms with Crippen molar-refractivity contribution in [1.82, 2.24) is 0 Å². The minimum absolute atomic E-state index is 1.30. The molecule has 0 heteroatoms. The van der Waals surface area contributed by atoms with Gasteiger partial charge in [-0.3, -0.25) is 0 Å². The van der Waals surface area contributed by atoms with E-state index in [4.69, 9.17) is 0 Å². The van der Waals surface area contributed by atoms with Crippen LogP contribution in [-0.4, -0.2) is 0 Å². The molecule has 0 radical (unpaired) electrons. The SMILES string of the molecule is CC.CC.Cc1cccc2c1CCCCC2. The van der Waals surface area contributed by atoms with Crippen molar-refractivity contribution in [2.75, 3.05) is 0 Å². The van der Waals surface area contributed by atoms with Crippen LogP contribution in [0, 0.1) is 6.92 Å². The molecule has 0 saturated carbocycles. The fourth-order valence-electron chi connectivity index (χ4n) is 2.15. The molecule has 0 unspecified atom stereocenters. The van der Waals surface area contributed by atoms with Crippen molar-refractivity contribution in [2.24, 2.45) is 0 Å². The molecule has 0 nitrogen and oxygen atoms in total. The maximum atomic E-state index is 2.30. The smallest absolute Gasteiger partial charge is 0.0274 e. The number of rotatable bonds is 0. The second-order valence-electron chi connectivity index (χ2n) is 3.77. The Balaban J connectivity index is 0.000000509. The lowest BCUT2D eigenvalue weighted by atomic mass is 9.98. The van der Waals surface area contributed by atoms with Crippen molar-refractivity contribution < 1.29 is 0 Å². The van der Waals surface area contributed by atoms with E-state index in [0.29, 0.717) is 0 Å². The summed E-state index contributed by atoms with van der Waals surface area (Å²) in [5.41, 5.74) is 4.73. The monoisotopic (exact) mass is 220 g/mol. The third kappa shape index (κ3) is 4.38. The van der Waals surface area contributed by atoms with E-state index in [1.807, 2.05) is 27.7 Å². The minimum atomic E-state index is 1.30. The molecule has 0 fully saturated rings. The molecule has 0 spiro atoms. The molecule has 0 aliphatic heterocycles. The predicted molar refractivity (Wildman–Crippen MR) is 75.1 cm³/mol. The van der Waals surface area contributed by atoms with Crippen LogP contribution >= 0.6 is 0 Å². The summed E-state index contributed by atoms with van der Waals surface area (Å²) in [4.78, 5) is 0. The molecule has 1 aliphatic carbocycles. The molecule has 0 amide bonds. The second-order valence-corrected chi connectivity index (χ2v) is 3.77. The topological polar surface area (TPSA) is 0 Å². The third-order valence-corrected chi connectivity index (χ3v) is 2.88. The molecule has 16 heavy (non-hydrogen) atoms. The highest BCUT2D eigenvalue weighted by atomic mass is 14.1. The number of hydrogen-bond donors (Lipinski definition) is 0. The molecule has 0 atom stereocenters. The van der Waals surface area contributed by atoms with E-state index >= 15 is 0 Å². The van der Waals surface area contributed by atoms with Crippen molar-refractivity contribution in [3.63, 3.8) is 0 Å². The summed E-state index contributed by atoms with van der Waals surface area (Å²) in [5.74, 6) is 0. The number of hydrogen-bond acceptors (Lipinski definition) is 0. The van der Waals surface area contributed by atoms with Crippen LogP contribution in [0.4, 0.5) is 0 Å². The van der Waals surface area contributed by atoms with Crippen LogP contribution in [0.3, 0.4) is 0 Å². The molecule has 0 bridgehead atoms. The van der Waals surface area contributed by atoms with E-state index < -0.39 is 0 Å². The van der Waals surface area contributed by atoms with Crippen molar-refractivity contribution >= 4 is 0 Å². The standard InChI is InChI=1S/C12H16.2C2H6/c1-10-6-5-8-11-7-3-2-4-9-12(10)11;2*1-2/h5-6,8H,2-4,7,9H2,1H3;2*1-2H3. The quantitative estimate of drug-likeness (QED) is 0.519. The zero-order valence-corrected chi connectivity index (χ0v) is 11.8. The molecular formula is C16H28. The Kier molecular flexibility index (Phi) is 8.99. The van der Waals surface area contributed by atoms with Gasteiger partial charge in [-0.05, 0) is 49.3 Å². The van der Waals surface area contributed by atoms with E-state index in [9.17, 15) is 0 Å². The first-order valence-electron chi connectivity index (χ1n) is 6.95. The van der Waals surface area contributed by atoms with Crippen molar-refractivity contribution in [3.8, 4) is 0 Å². The summed E-state index contributed by atoms with van der Waals surface area (Å²) in [7, 11) is 0. The highest BCUT2D eigenvalue weighted by Gasteiger charge is 2.08. The van der Waals surface area contributed by atoms with Crippen LogP contribution in [0.25, 0.3) is 0 Å². The van der Waals surface area contributed by atoms with Gasteiger partial charge in [0.15, 0.2) is 0 Å². The number of benzene rings is 1. The Morgan fingerprint density at radius 3 is 2.12 bits per heavy atom. The van der Waals surface area contributed by atoms with Gasteiger partial charge >= 0.3 is 0 Å². The Morgan fingerprint density at radius 2 is 1.44 bits per heavy atom. The first-order valence-corrected chi connectivity index (χ1v) is 6.95. The van der Waals surface area contributed by atoms with Gasteiger partial charge in [-0.25, -0.2) is 0 Å². The van der Waals surface area contributed by atoms with E-state index in [2.05, 4.69) is 25.1 Å².